The highest BCUT2D eigenvalue weighted by Gasteiger charge is 2.14. The zero-order chi connectivity index (χ0) is 25.5. The Morgan fingerprint density at radius 2 is 0.921 bits per heavy atom. The van der Waals surface area contributed by atoms with Crippen LogP contribution >= 0.6 is 27.3 Å². The van der Waals surface area contributed by atoms with Crippen molar-refractivity contribution in [2.45, 2.75) is 0 Å². The monoisotopic (exact) mass is 569 g/mol. The van der Waals surface area contributed by atoms with Gasteiger partial charge in [0.1, 0.15) is 0 Å². The Labute approximate surface area is 232 Å². The molecule has 0 saturated carbocycles. The van der Waals surface area contributed by atoms with Crippen molar-refractivity contribution >= 4 is 47.4 Å². The van der Waals surface area contributed by atoms with E-state index in [-0.39, 0.29) is 0 Å². The van der Waals surface area contributed by atoms with Gasteiger partial charge in [0.2, 0.25) is 0 Å². The molecule has 0 aliphatic heterocycles. The predicted octanol–water partition coefficient (Wildman–Crippen LogP) is 9.67. The lowest BCUT2D eigenvalue weighted by atomic mass is 10.0. The van der Waals surface area contributed by atoms with Crippen LogP contribution in [0.5, 0.6) is 0 Å². The summed E-state index contributed by atoms with van der Waals surface area (Å²) in [6.45, 7) is 0. The molecule has 5 heteroatoms. The summed E-state index contributed by atoms with van der Waals surface area (Å²) in [6, 6.07) is 41.9. The first-order valence-electron chi connectivity index (χ1n) is 12.3. The fraction of sp³-hybridized carbons (Fsp3) is 0. The Balaban J connectivity index is 1.36. The standard InChI is InChI=1S/C33H20BrN3S/c34-26-17-14-22(15-18-26)21-10-12-24(13-11-21)32-35-31(23-6-2-1-3-7-23)36-33(37-32)25-16-19-30-28(20-25)27-8-4-5-9-29(27)38-30/h1-20H. The molecule has 3 nitrogen and oxygen atoms in total. The molecule has 0 unspecified atom stereocenters. The molecular formula is C33H20BrN3S. The maximum absolute atomic E-state index is 4.96. The van der Waals surface area contributed by atoms with Gasteiger partial charge in [0.15, 0.2) is 17.5 Å². The topological polar surface area (TPSA) is 38.7 Å². The van der Waals surface area contributed by atoms with E-state index in [2.05, 4.69) is 107 Å². The molecule has 7 aromatic rings. The van der Waals surface area contributed by atoms with Gasteiger partial charge < -0.3 is 0 Å². The summed E-state index contributed by atoms with van der Waals surface area (Å²) < 4.78 is 3.61. The summed E-state index contributed by atoms with van der Waals surface area (Å²) in [4.78, 5) is 14.8. The molecule has 0 saturated heterocycles. The number of fused-ring (bicyclic) bond motifs is 3. The van der Waals surface area contributed by atoms with Crippen LogP contribution in [0.25, 0.3) is 65.5 Å². The Bertz CT molecular complexity index is 1910. The van der Waals surface area contributed by atoms with E-state index in [0.717, 1.165) is 32.3 Å². The van der Waals surface area contributed by atoms with Crippen LogP contribution in [0.1, 0.15) is 0 Å². The van der Waals surface area contributed by atoms with Crippen LogP contribution in [-0.2, 0) is 0 Å². The number of hydrogen-bond acceptors (Lipinski definition) is 4. The zero-order valence-electron chi connectivity index (χ0n) is 20.2. The summed E-state index contributed by atoms with van der Waals surface area (Å²) in [5, 5.41) is 2.49. The normalized spacial score (nSPS) is 11.3. The molecular weight excluding hydrogens is 550 g/mol. The van der Waals surface area contributed by atoms with Gasteiger partial charge in [0, 0.05) is 41.3 Å². The Morgan fingerprint density at radius 3 is 1.63 bits per heavy atom. The smallest absolute Gasteiger partial charge is 0.164 e. The summed E-state index contributed by atoms with van der Waals surface area (Å²) in [5.74, 6) is 1.99. The highest BCUT2D eigenvalue weighted by Crippen LogP contribution is 2.36. The molecule has 180 valence electrons. The number of halogens is 1. The molecule has 0 bridgehead atoms. The number of rotatable bonds is 4. The van der Waals surface area contributed by atoms with Gasteiger partial charge in [-0.1, -0.05) is 101 Å². The Morgan fingerprint density at radius 1 is 0.421 bits per heavy atom. The Kier molecular flexibility index (Phi) is 5.80. The zero-order valence-corrected chi connectivity index (χ0v) is 22.6. The van der Waals surface area contributed by atoms with E-state index in [1.165, 1.54) is 20.2 Å². The third-order valence-electron chi connectivity index (χ3n) is 6.62. The maximum atomic E-state index is 4.96. The van der Waals surface area contributed by atoms with Crippen molar-refractivity contribution in [3.8, 4) is 45.3 Å². The molecule has 38 heavy (non-hydrogen) atoms. The minimum absolute atomic E-state index is 0.659. The van der Waals surface area contributed by atoms with Gasteiger partial charge in [0.25, 0.3) is 0 Å². The van der Waals surface area contributed by atoms with Crippen LogP contribution < -0.4 is 0 Å². The average molecular weight is 571 g/mol. The number of benzene rings is 5. The number of nitrogens with zero attached hydrogens (tertiary/aromatic N) is 3. The quantitative estimate of drug-likeness (QED) is 0.212. The summed E-state index contributed by atoms with van der Waals surface area (Å²) >= 11 is 5.32. The van der Waals surface area contributed by atoms with Crippen molar-refractivity contribution in [2.24, 2.45) is 0 Å². The van der Waals surface area contributed by atoms with Crippen molar-refractivity contribution in [2.75, 3.05) is 0 Å². The third-order valence-corrected chi connectivity index (χ3v) is 8.30. The number of aromatic nitrogens is 3. The molecule has 0 fully saturated rings. The molecule has 0 aliphatic rings. The van der Waals surface area contributed by atoms with Gasteiger partial charge in [-0.15, -0.1) is 11.3 Å². The van der Waals surface area contributed by atoms with Gasteiger partial charge in [-0.3, -0.25) is 0 Å². The molecule has 5 aromatic carbocycles. The highest BCUT2D eigenvalue weighted by atomic mass is 79.9. The SMILES string of the molecule is Brc1ccc(-c2ccc(-c3nc(-c4ccccc4)nc(-c4ccc5sc6ccccc6c5c4)n3)cc2)cc1. The van der Waals surface area contributed by atoms with Crippen molar-refractivity contribution in [1.82, 2.24) is 15.0 Å². The highest BCUT2D eigenvalue weighted by molar-refractivity contribution is 9.10. The van der Waals surface area contributed by atoms with Crippen LogP contribution in [0.3, 0.4) is 0 Å². The van der Waals surface area contributed by atoms with Gasteiger partial charge in [-0.25, -0.2) is 15.0 Å². The average Bonchev–Trinajstić information content (AvgIpc) is 3.36. The minimum atomic E-state index is 0.659. The van der Waals surface area contributed by atoms with E-state index in [1.807, 2.05) is 41.7 Å². The number of thiophene rings is 1. The Hall–Kier alpha value is -4.19. The first-order valence-corrected chi connectivity index (χ1v) is 13.9. The summed E-state index contributed by atoms with van der Waals surface area (Å²) in [6.07, 6.45) is 0. The van der Waals surface area contributed by atoms with E-state index >= 15 is 0 Å². The van der Waals surface area contributed by atoms with Crippen molar-refractivity contribution in [3.05, 3.63) is 126 Å². The van der Waals surface area contributed by atoms with Crippen LogP contribution in [-0.4, -0.2) is 15.0 Å². The van der Waals surface area contributed by atoms with E-state index in [1.54, 1.807) is 0 Å². The van der Waals surface area contributed by atoms with Crippen LogP contribution in [0.4, 0.5) is 0 Å². The maximum Gasteiger partial charge on any atom is 0.164 e. The van der Waals surface area contributed by atoms with Gasteiger partial charge in [-0.2, -0.15) is 0 Å². The second-order valence-corrected chi connectivity index (χ2v) is 11.1. The molecule has 7 rings (SSSR count). The molecule has 2 heterocycles. The van der Waals surface area contributed by atoms with Crippen molar-refractivity contribution < 1.29 is 0 Å². The predicted molar refractivity (Wildman–Crippen MR) is 162 cm³/mol. The molecule has 0 atom stereocenters. The first-order chi connectivity index (χ1) is 18.7. The third kappa shape index (κ3) is 4.30. The van der Waals surface area contributed by atoms with Crippen molar-refractivity contribution in [1.29, 1.82) is 0 Å². The fourth-order valence-electron chi connectivity index (χ4n) is 4.67. The van der Waals surface area contributed by atoms with Gasteiger partial charge >= 0.3 is 0 Å². The van der Waals surface area contributed by atoms with Crippen molar-refractivity contribution in [3.63, 3.8) is 0 Å². The van der Waals surface area contributed by atoms with Crippen LogP contribution in [0.15, 0.2) is 126 Å². The summed E-state index contributed by atoms with van der Waals surface area (Å²) in [7, 11) is 0. The molecule has 0 spiro atoms. The molecule has 2 aromatic heterocycles. The van der Waals surface area contributed by atoms with E-state index in [9.17, 15) is 0 Å². The summed E-state index contributed by atoms with van der Waals surface area (Å²) in [5.41, 5.74) is 5.21. The largest absolute Gasteiger partial charge is 0.208 e. The molecule has 0 radical (unpaired) electrons. The fourth-order valence-corrected chi connectivity index (χ4v) is 6.02. The van der Waals surface area contributed by atoms with E-state index in [4.69, 9.17) is 15.0 Å². The number of hydrogen-bond donors (Lipinski definition) is 0. The second kappa shape index (κ2) is 9.60. The van der Waals surface area contributed by atoms with Crippen LogP contribution in [0.2, 0.25) is 0 Å². The first kappa shape index (κ1) is 23.0. The van der Waals surface area contributed by atoms with E-state index in [0.29, 0.717) is 17.5 Å². The van der Waals surface area contributed by atoms with E-state index < -0.39 is 0 Å². The lowest BCUT2D eigenvalue weighted by molar-refractivity contribution is 1.07. The van der Waals surface area contributed by atoms with Crippen LogP contribution in [0, 0.1) is 0 Å². The lowest BCUT2D eigenvalue weighted by Gasteiger charge is -2.09. The molecule has 0 aliphatic carbocycles. The molecule has 0 N–H and O–H groups in total. The van der Waals surface area contributed by atoms with Gasteiger partial charge in [-0.05, 0) is 47.5 Å². The lowest BCUT2D eigenvalue weighted by Crippen LogP contribution is -2.00. The minimum Gasteiger partial charge on any atom is -0.208 e. The van der Waals surface area contributed by atoms with Gasteiger partial charge in [0.05, 0.1) is 0 Å². The molecule has 0 amide bonds. The second-order valence-electron chi connectivity index (χ2n) is 9.07.